The zero-order chi connectivity index (χ0) is 14.8. The Hall–Kier alpha value is -1.68. The van der Waals surface area contributed by atoms with E-state index in [1.54, 1.807) is 0 Å². The monoisotopic (exact) mass is 291 g/mol. The lowest BCUT2D eigenvalue weighted by molar-refractivity contribution is 0.0706. The Bertz CT molecular complexity index is 587. The summed E-state index contributed by atoms with van der Waals surface area (Å²) >= 11 is 6.20. The molecule has 0 aliphatic rings. The maximum absolute atomic E-state index is 12.6. The number of carbonyl (C=O) groups is 1. The second-order valence-corrected chi connectivity index (χ2v) is 6.30. The van der Waals surface area contributed by atoms with Crippen molar-refractivity contribution in [3.8, 4) is 0 Å². The average Bonchev–Trinajstić information content (AvgIpc) is 2.89. The minimum Gasteiger partial charge on any atom is -0.272 e. The van der Waals surface area contributed by atoms with E-state index in [4.69, 9.17) is 11.6 Å². The van der Waals surface area contributed by atoms with Gasteiger partial charge in [0.2, 0.25) is 0 Å². The fourth-order valence-electron chi connectivity index (χ4n) is 2.13. The van der Waals surface area contributed by atoms with Crippen LogP contribution in [0, 0.1) is 11.3 Å². The van der Waals surface area contributed by atoms with Crippen molar-refractivity contribution >= 4 is 17.5 Å². The summed E-state index contributed by atoms with van der Waals surface area (Å²) in [7, 11) is 0. The summed E-state index contributed by atoms with van der Waals surface area (Å²) in [4.78, 5) is 16.4. The summed E-state index contributed by atoms with van der Waals surface area (Å²) < 4.78 is 1.30. The molecule has 0 saturated carbocycles. The van der Waals surface area contributed by atoms with Crippen LogP contribution in [0.4, 0.5) is 0 Å². The summed E-state index contributed by atoms with van der Waals surface area (Å²) in [5.74, 6) is -0.279. The van der Waals surface area contributed by atoms with Gasteiger partial charge >= 0.3 is 0 Å². The molecule has 1 heterocycles. The van der Waals surface area contributed by atoms with Crippen molar-refractivity contribution in [2.75, 3.05) is 0 Å². The highest BCUT2D eigenvalue weighted by molar-refractivity contribution is 6.31. The van der Waals surface area contributed by atoms with Crippen LogP contribution in [0.2, 0.25) is 5.02 Å². The number of rotatable bonds is 3. The molecule has 2 aromatic rings. The minimum absolute atomic E-state index is 0.0603. The van der Waals surface area contributed by atoms with Crippen LogP contribution in [0.3, 0.4) is 0 Å². The molecular weight excluding hydrogens is 274 g/mol. The second kappa shape index (κ2) is 5.75. The van der Waals surface area contributed by atoms with Crippen molar-refractivity contribution in [2.45, 2.75) is 27.2 Å². The molecule has 0 N–H and O–H groups in total. The van der Waals surface area contributed by atoms with E-state index >= 15 is 0 Å². The van der Waals surface area contributed by atoms with Crippen molar-refractivity contribution in [3.05, 3.63) is 47.5 Å². The van der Waals surface area contributed by atoms with Gasteiger partial charge in [-0.15, -0.1) is 0 Å². The zero-order valence-electron chi connectivity index (χ0n) is 11.9. The van der Waals surface area contributed by atoms with E-state index in [9.17, 15) is 4.79 Å². The molecule has 0 fully saturated rings. The van der Waals surface area contributed by atoms with Crippen LogP contribution < -0.4 is 0 Å². The fourth-order valence-corrected chi connectivity index (χ4v) is 2.34. The van der Waals surface area contributed by atoms with Gasteiger partial charge in [0.1, 0.15) is 12.7 Å². The molecule has 2 rings (SSSR count). The average molecular weight is 292 g/mol. The van der Waals surface area contributed by atoms with Crippen molar-refractivity contribution in [3.63, 3.8) is 0 Å². The Labute approximate surface area is 123 Å². The molecule has 0 spiro atoms. The SMILES string of the molecule is CC(C)(C)C(Cc1ccccc1Cl)C(=O)n1cncn1. The topological polar surface area (TPSA) is 47.8 Å². The molecule has 0 aliphatic heterocycles. The number of carbonyl (C=O) groups excluding carboxylic acids is 1. The summed E-state index contributed by atoms with van der Waals surface area (Å²) in [5.41, 5.74) is 0.782. The number of nitrogens with zero attached hydrogens (tertiary/aromatic N) is 3. The molecule has 1 unspecified atom stereocenters. The van der Waals surface area contributed by atoms with E-state index < -0.39 is 0 Å². The molecule has 1 aromatic carbocycles. The first-order valence-electron chi connectivity index (χ1n) is 6.52. The summed E-state index contributed by atoms with van der Waals surface area (Å²) in [5, 5.41) is 4.63. The number of halogens is 1. The lowest BCUT2D eigenvalue weighted by Crippen LogP contribution is -2.34. The standard InChI is InChI=1S/C15H18ClN3O/c1-15(2,3)12(14(20)19-10-17-9-18-19)8-11-6-4-5-7-13(11)16/h4-7,9-10,12H,8H2,1-3H3. The van der Waals surface area contributed by atoms with Gasteiger partial charge in [0, 0.05) is 10.9 Å². The molecule has 0 saturated heterocycles. The number of benzene rings is 1. The van der Waals surface area contributed by atoms with Crippen LogP contribution in [0.1, 0.15) is 31.1 Å². The van der Waals surface area contributed by atoms with Crippen molar-refractivity contribution in [2.24, 2.45) is 11.3 Å². The zero-order valence-corrected chi connectivity index (χ0v) is 12.6. The van der Waals surface area contributed by atoms with Crippen LogP contribution in [-0.4, -0.2) is 20.7 Å². The van der Waals surface area contributed by atoms with Gasteiger partial charge in [-0.3, -0.25) is 4.79 Å². The predicted molar refractivity (Wildman–Crippen MR) is 78.7 cm³/mol. The molecule has 20 heavy (non-hydrogen) atoms. The summed E-state index contributed by atoms with van der Waals surface area (Å²) in [6.07, 6.45) is 3.39. The quantitative estimate of drug-likeness (QED) is 0.870. The highest BCUT2D eigenvalue weighted by Crippen LogP contribution is 2.32. The number of aromatic nitrogens is 3. The Morgan fingerprint density at radius 3 is 2.60 bits per heavy atom. The lowest BCUT2D eigenvalue weighted by Gasteiger charge is -2.29. The minimum atomic E-state index is -0.218. The largest absolute Gasteiger partial charge is 0.272 e. The van der Waals surface area contributed by atoms with Gasteiger partial charge in [0.05, 0.1) is 0 Å². The van der Waals surface area contributed by atoms with E-state index in [1.165, 1.54) is 17.3 Å². The Kier molecular flexibility index (Phi) is 4.23. The number of hydrogen-bond donors (Lipinski definition) is 0. The molecule has 4 nitrogen and oxygen atoms in total. The van der Waals surface area contributed by atoms with E-state index in [2.05, 4.69) is 10.1 Å². The molecule has 0 aliphatic carbocycles. The van der Waals surface area contributed by atoms with Crippen molar-refractivity contribution in [1.29, 1.82) is 0 Å². The fraction of sp³-hybridized carbons (Fsp3) is 0.400. The van der Waals surface area contributed by atoms with Crippen LogP contribution in [0.25, 0.3) is 0 Å². The van der Waals surface area contributed by atoms with Gasteiger partial charge in [-0.05, 0) is 23.5 Å². The van der Waals surface area contributed by atoms with Gasteiger partial charge in [0.25, 0.3) is 5.91 Å². The molecule has 0 amide bonds. The molecule has 0 radical (unpaired) electrons. The molecule has 1 aromatic heterocycles. The van der Waals surface area contributed by atoms with Crippen LogP contribution in [0.5, 0.6) is 0 Å². The first-order chi connectivity index (χ1) is 9.39. The van der Waals surface area contributed by atoms with Gasteiger partial charge in [-0.2, -0.15) is 9.78 Å². The first kappa shape index (κ1) is 14.7. The van der Waals surface area contributed by atoms with Crippen LogP contribution >= 0.6 is 11.6 Å². The molecule has 106 valence electrons. The van der Waals surface area contributed by atoms with Crippen LogP contribution in [-0.2, 0) is 6.42 Å². The highest BCUT2D eigenvalue weighted by atomic mass is 35.5. The van der Waals surface area contributed by atoms with E-state index in [1.807, 2.05) is 45.0 Å². The third-order valence-corrected chi connectivity index (χ3v) is 3.74. The molecule has 1 atom stereocenters. The van der Waals surface area contributed by atoms with Crippen molar-refractivity contribution in [1.82, 2.24) is 14.8 Å². The number of hydrogen-bond acceptors (Lipinski definition) is 3. The van der Waals surface area contributed by atoms with E-state index in [0.717, 1.165) is 5.56 Å². The van der Waals surface area contributed by atoms with Gasteiger partial charge in [-0.25, -0.2) is 4.98 Å². The summed E-state index contributed by atoms with van der Waals surface area (Å²) in [6, 6.07) is 7.62. The van der Waals surface area contributed by atoms with Crippen LogP contribution in [0.15, 0.2) is 36.9 Å². The predicted octanol–water partition coefficient (Wildman–Crippen LogP) is 3.48. The Morgan fingerprint density at radius 1 is 1.35 bits per heavy atom. The first-order valence-corrected chi connectivity index (χ1v) is 6.89. The lowest BCUT2D eigenvalue weighted by atomic mass is 9.76. The van der Waals surface area contributed by atoms with Crippen molar-refractivity contribution < 1.29 is 4.79 Å². The third-order valence-electron chi connectivity index (χ3n) is 3.37. The Balaban J connectivity index is 2.30. The molecule has 0 bridgehead atoms. The van der Waals surface area contributed by atoms with Gasteiger partial charge < -0.3 is 0 Å². The second-order valence-electron chi connectivity index (χ2n) is 5.89. The van der Waals surface area contributed by atoms with Gasteiger partial charge in [-0.1, -0.05) is 50.6 Å². The Morgan fingerprint density at radius 2 is 2.05 bits per heavy atom. The third kappa shape index (κ3) is 3.25. The molecular formula is C15H18ClN3O. The van der Waals surface area contributed by atoms with Gasteiger partial charge in [0.15, 0.2) is 0 Å². The maximum Gasteiger partial charge on any atom is 0.252 e. The highest BCUT2D eigenvalue weighted by Gasteiger charge is 2.33. The maximum atomic E-state index is 12.6. The summed E-state index contributed by atoms with van der Waals surface area (Å²) in [6.45, 7) is 6.13. The molecule has 5 heteroatoms. The van der Waals surface area contributed by atoms with E-state index in [-0.39, 0.29) is 17.2 Å². The normalized spacial score (nSPS) is 13.2. The smallest absolute Gasteiger partial charge is 0.252 e. The van der Waals surface area contributed by atoms with E-state index in [0.29, 0.717) is 11.4 Å².